The van der Waals surface area contributed by atoms with Gasteiger partial charge >= 0.3 is 0 Å². The first-order valence-electron chi connectivity index (χ1n) is 12.3. The van der Waals surface area contributed by atoms with Crippen LogP contribution in [0.2, 0.25) is 5.02 Å². The average Bonchev–Trinajstić information content (AvgIpc) is 2.81. The lowest BCUT2D eigenvalue weighted by molar-refractivity contribution is -0.0223. The largest absolute Gasteiger partial charge is 0.389 e. The third-order valence-corrected chi connectivity index (χ3v) is 8.02. The number of aromatic amines is 1. The summed E-state index contributed by atoms with van der Waals surface area (Å²) in [5.41, 5.74) is 1.23. The Hall–Kier alpha value is -2.14. The Bertz CT molecular complexity index is 1150. The number of fused-ring (bicyclic) bond motifs is 1. The van der Waals surface area contributed by atoms with Crippen LogP contribution < -0.4 is 10.9 Å². The summed E-state index contributed by atoms with van der Waals surface area (Å²) in [6, 6.07) is 17.7. The molecule has 1 aliphatic carbocycles. The monoisotopic (exact) mass is 464 g/mol. The first-order chi connectivity index (χ1) is 16.0. The Morgan fingerprint density at radius 2 is 1.82 bits per heavy atom. The summed E-state index contributed by atoms with van der Waals surface area (Å²) in [7, 11) is 0. The molecule has 0 bridgehead atoms. The standard InChI is InChI=1S/C28H33ClN2O2/c29-22-12-10-20(11-13-22)26(24-17-21-8-4-5-9-25(21)31-27(24)32)28(33)14-15-30-23(18-28)16-19-6-2-1-3-7-19/h4-5,8-13,17,19,23,26,30,33H,1-3,6-7,14-16,18H2,(H,31,32). The molecule has 4 nitrogen and oxygen atoms in total. The van der Waals surface area contributed by atoms with Gasteiger partial charge in [0, 0.05) is 28.1 Å². The Balaban J connectivity index is 1.53. The van der Waals surface area contributed by atoms with E-state index in [1.165, 1.54) is 32.1 Å². The first kappa shape index (κ1) is 22.6. The fourth-order valence-electron chi connectivity index (χ4n) is 6.16. The fraction of sp³-hybridized carbons (Fsp3) is 0.464. The van der Waals surface area contributed by atoms with Gasteiger partial charge in [0.15, 0.2) is 0 Å². The summed E-state index contributed by atoms with van der Waals surface area (Å²) in [5, 5.41) is 17.5. The van der Waals surface area contributed by atoms with Crippen molar-refractivity contribution in [3.63, 3.8) is 0 Å². The van der Waals surface area contributed by atoms with Crippen molar-refractivity contribution in [3.8, 4) is 0 Å². The van der Waals surface area contributed by atoms with Crippen LogP contribution in [0.25, 0.3) is 10.9 Å². The van der Waals surface area contributed by atoms with E-state index in [-0.39, 0.29) is 11.6 Å². The molecule has 33 heavy (non-hydrogen) atoms. The van der Waals surface area contributed by atoms with Crippen LogP contribution in [-0.4, -0.2) is 28.3 Å². The summed E-state index contributed by atoms with van der Waals surface area (Å²) >= 11 is 6.18. The van der Waals surface area contributed by atoms with Gasteiger partial charge in [0.2, 0.25) is 0 Å². The summed E-state index contributed by atoms with van der Waals surface area (Å²) in [5.74, 6) is 0.315. The number of nitrogens with one attached hydrogen (secondary N) is 2. The average molecular weight is 465 g/mol. The van der Waals surface area contributed by atoms with Gasteiger partial charge in [-0.1, -0.05) is 74.0 Å². The van der Waals surface area contributed by atoms with Crippen molar-refractivity contribution in [3.05, 3.63) is 81.1 Å². The summed E-state index contributed by atoms with van der Waals surface area (Å²) in [4.78, 5) is 16.3. The molecule has 2 aromatic carbocycles. The van der Waals surface area contributed by atoms with E-state index in [4.69, 9.17) is 11.6 Å². The number of aromatic nitrogens is 1. The number of pyridine rings is 1. The zero-order chi connectivity index (χ0) is 22.8. The predicted octanol–water partition coefficient (Wildman–Crippen LogP) is 5.77. The molecule has 3 unspecified atom stereocenters. The molecule has 5 heteroatoms. The van der Waals surface area contributed by atoms with E-state index in [2.05, 4.69) is 10.3 Å². The number of rotatable bonds is 5. The lowest BCUT2D eigenvalue weighted by Crippen LogP contribution is -2.52. The number of piperidine rings is 1. The second kappa shape index (κ2) is 9.61. The van der Waals surface area contributed by atoms with Gasteiger partial charge in [0.1, 0.15) is 0 Å². The van der Waals surface area contributed by atoms with Gasteiger partial charge in [0.25, 0.3) is 5.56 Å². The van der Waals surface area contributed by atoms with Crippen LogP contribution in [-0.2, 0) is 0 Å². The van der Waals surface area contributed by atoms with E-state index in [0.29, 0.717) is 23.4 Å². The molecule has 2 heterocycles. The highest BCUT2D eigenvalue weighted by atomic mass is 35.5. The molecule has 174 valence electrons. The summed E-state index contributed by atoms with van der Waals surface area (Å²) in [6.07, 6.45) is 8.93. The highest BCUT2D eigenvalue weighted by Gasteiger charge is 2.44. The first-order valence-corrected chi connectivity index (χ1v) is 12.7. The van der Waals surface area contributed by atoms with Crippen molar-refractivity contribution in [2.75, 3.05) is 6.54 Å². The van der Waals surface area contributed by atoms with Crippen LogP contribution in [0.5, 0.6) is 0 Å². The summed E-state index contributed by atoms with van der Waals surface area (Å²) in [6.45, 7) is 0.753. The third kappa shape index (κ3) is 4.89. The molecule has 0 spiro atoms. The number of para-hydroxylation sites is 1. The van der Waals surface area contributed by atoms with Gasteiger partial charge in [-0.2, -0.15) is 0 Å². The highest BCUT2D eigenvalue weighted by Crippen LogP contribution is 2.42. The summed E-state index contributed by atoms with van der Waals surface area (Å²) < 4.78 is 0. The number of hydrogen-bond donors (Lipinski definition) is 3. The van der Waals surface area contributed by atoms with Gasteiger partial charge in [-0.15, -0.1) is 0 Å². The maximum atomic E-state index is 13.3. The molecule has 0 amide bonds. The fourth-order valence-corrected chi connectivity index (χ4v) is 6.29. The number of hydrogen-bond acceptors (Lipinski definition) is 3. The van der Waals surface area contributed by atoms with Crippen LogP contribution >= 0.6 is 11.6 Å². The Kier molecular flexibility index (Phi) is 6.60. The number of aliphatic hydroxyl groups is 1. The molecule has 1 aliphatic heterocycles. The van der Waals surface area contributed by atoms with Crippen LogP contribution in [0.3, 0.4) is 0 Å². The molecule has 0 radical (unpaired) electrons. The molecule has 1 saturated heterocycles. The Morgan fingerprint density at radius 1 is 1.06 bits per heavy atom. The molecule has 1 saturated carbocycles. The normalized spacial score (nSPS) is 25.2. The van der Waals surface area contributed by atoms with Crippen molar-refractivity contribution >= 4 is 22.5 Å². The predicted molar refractivity (Wildman–Crippen MR) is 135 cm³/mol. The number of H-pyrrole nitrogens is 1. The van der Waals surface area contributed by atoms with Gasteiger partial charge < -0.3 is 15.4 Å². The van der Waals surface area contributed by atoms with Gasteiger partial charge in [0.05, 0.1) is 5.60 Å². The SMILES string of the molecule is O=c1[nH]c2ccccc2cc1C(c1ccc(Cl)cc1)C1(O)CCNC(CC2CCCCC2)C1. The molecule has 2 aliphatic rings. The molecule has 2 fully saturated rings. The minimum atomic E-state index is -1.01. The molecule has 3 atom stereocenters. The molecular formula is C28H33ClN2O2. The third-order valence-electron chi connectivity index (χ3n) is 7.77. The van der Waals surface area contributed by atoms with Gasteiger partial charge in [-0.3, -0.25) is 4.79 Å². The zero-order valence-electron chi connectivity index (χ0n) is 19.0. The minimum absolute atomic E-state index is 0.135. The Morgan fingerprint density at radius 3 is 2.61 bits per heavy atom. The lowest BCUT2D eigenvalue weighted by Gasteiger charge is -2.44. The smallest absolute Gasteiger partial charge is 0.252 e. The van der Waals surface area contributed by atoms with Crippen LogP contribution in [0.4, 0.5) is 0 Å². The highest BCUT2D eigenvalue weighted by molar-refractivity contribution is 6.30. The van der Waals surface area contributed by atoms with Gasteiger partial charge in [-0.05, 0) is 66.9 Å². The van der Waals surface area contributed by atoms with E-state index in [1.807, 2.05) is 54.6 Å². The topological polar surface area (TPSA) is 65.1 Å². The molecule has 5 rings (SSSR count). The molecule has 1 aromatic heterocycles. The van der Waals surface area contributed by atoms with Gasteiger partial charge in [-0.25, -0.2) is 0 Å². The quantitative estimate of drug-likeness (QED) is 0.449. The van der Waals surface area contributed by atoms with Crippen LogP contribution in [0, 0.1) is 5.92 Å². The van der Waals surface area contributed by atoms with E-state index >= 15 is 0 Å². The van der Waals surface area contributed by atoms with Crippen LogP contribution in [0.1, 0.15) is 68.4 Å². The van der Waals surface area contributed by atoms with Crippen LogP contribution in [0.15, 0.2) is 59.4 Å². The van der Waals surface area contributed by atoms with E-state index < -0.39 is 11.5 Å². The van der Waals surface area contributed by atoms with Crippen molar-refractivity contribution in [1.29, 1.82) is 0 Å². The van der Waals surface area contributed by atoms with Crippen molar-refractivity contribution in [2.24, 2.45) is 5.92 Å². The number of halogens is 1. The Labute approximate surface area is 200 Å². The second-order valence-corrected chi connectivity index (χ2v) is 10.5. The zero-order valence-corrected chi connectivity index (χ0v) is 19.8. The molecular weight excluding hydrogens is 432 g/mol. The maximum absolute atomic E-state index is 13.3. The maximum Gasteiger partial charge on any atom is 0.252 e. The molecule has 3 aromatic rings. The number of benzene rings is 2. The van der Waals surface area contributed by atoms with E-state index in [1.54, 1.807) is 0 Å². The van der Waals surface area contributed by atoms with Crippen molar-refractivity contribution < 1.29 is 5.11 Å². The van der Waals surface area contributed by atoms with E-state index in [0.717, 1.165) is 35.3 Å². The van der Waals surface area contributed by atoms with Crippen molar-refractivity contribution in [1.82, 2.24) is 10.3 Å². The lowest BCUT2D eigenvalue weighted by atomic mass is 9.69. The van der Waals surface area contributed by atoms with E-state index in [9.17, 15) is 9.90 Å². The second-order valence-electron chi connectivity index (χ2n) is 10.1. The van der Waals surface area contributed by atoms with Crippen molar-refractivity contribution in [2.45, 2.75) is 68.9 Å². The minimum Gasteiger partial charge on any atom is -0.389 e. The molecule has 3 N–H and O–H groups in total.